The maximum absolute atomic E-state index is 13.1. The van der Waals surface area contributed by atoms with Gasteiger partial charge in [0.25, 0.3) is 11.6 Å². The van der Waals surface area contributed by atoms with Crippen LogP contribution in [0.5, 0.6) is 0 Å². The smallest absolute Gasteiger partial charge is 0.548 e. The number of hydrogen-bond donors (Lipinski definition) is 2. The minimum atomic E-state index is -1.39. The maximum Gasteiger partial charge on any atom is 1.00 e. The number of non-ortho nitro benzene ring substituents is 1. The number of anilines is 1. The molecule has 2 saturated heterocycles. The molecule has 18 heteroatoms. The third kappa shape index (κ3) is 6.55. The zero-order valence-electron chi connectivity index (χ0n) is 21.4. The van der Waals surface area contributed by atoms with E-state index in [-0.39, 0.29) is 58.4 Å². The van der Waals surface area contributed by atoms with Crippen LogP contribution in [0.2, 0.25) is 0 Å². The fraction of sp³-hybridized carbons (Fsp3) is 0.364. The SMILES string of the molecule is CC1(C)S[C@@H]2[C@@H](NC(=O)/C(=N\OCC(=O)OCc3ccc([N+](=O)[O-])cc3)c3csc(N)n3)C(=O)N2[C@H]1C(=O)[O-].[Na+]. The van der Waals surface area contributed by atoms with Gasteiger partial charge in [0.05, 0.1) is 16.9 Å². The summed E-state index contributed by atoms with van der Waals surface area (Å²) in [4.78, 5) is 69.7. The molecule has 0 spiro atoms. The minimum Gasteiger partial charge on any atom is -0.548 e. The summed E-state index contributed by atoms with van der Waals surface area (Å²) in [6, 6.07) is 3.22. The summed E-state index contributed by atoms with van der Waals surface area (Å²) in [7, 11) is 0. The Kier molecular flexibility index (Phi) is 9.78. The number of carboxylic acids is 1. The molecule has 0 bridgehead atoms. The molecule has 15 nitrogen and oxygen atoms in total. The minimum absolute atomic E-state index is 0. The molecule has 1 aromatic carbocycles. The molecule has 40 heavy (non-hydrogen) atoms. The predicted octanol–water partition coefficient (Wildman–Crippen LogP) is -3.60. The number of ether oxygens (including phenoxy) is 1. The van der Waals surface area contributed by atoms with Crippen LogP contribution in [-0.2, 0) is 35.4 Å². The molecule has 4 rings (SSSR count). The molecular formula is C22H21N6NaO9S2. The van der Waals surface area contributed by atoms with E-state index in [2.05, 4.69) is 15.5 Å². The van der Waals surface area contributed by atoms with Gasteiger partial charge in [-0.05, 0) is 31.5 Å². The number of carboxylic acid groups (broad SMARTS) is 1. The van der Waals surface area contributed by atoms with E-state index >= 15 is 0 Å². The van der Waals surface area contributed by atoms with Crippen LogP contribution < -0.4 is 45.7 Å². The van der Waals surface area contributed by atoms with Crippen LogP contribution in [0.15, 0.2) is 34.8 Å². The number of nitrogens with two attached hydrogens (primary N) is 1. The monoisotopic (exact) mass is 600 g/mol. The van der Waals surface area contributed by atoms with Gasteiger partial charge in [-0.1, -0.05) is 5.16 Å². The van der Waals surface area contributed by atoms with Crippen molar-refractivity contribution in [3.05, 3.63) is 51.0 Å². The fourth-order valence-electron chi connectivity index (χ4n) is 4.01. The summed E-state index contributed by atoms with van der Waals surface area (Å²) in [5, 5.41) is 29.5. The van der Waals surface area contributed by atoms with Gasteiger partial charge in [-0.3, -0.25) is 19.7 Å². The van der Waals surface area contributed by atoms with E-state index in [1.807, 2.05) is 0 Å². The Labute approximate surface area is 256 Å². The van der Waals surface area contributed by atoms with Crippen molar-refractivity contribution in [1.82, 2.24) is 15.2 Å². The molecule has 2 aliphatic rings. The van der Waals surface area contributed by atoms with E-state index in [4.69, 9.17) is 15.3 Å². The summed E-state index contributed by atoms with van der Waals surface area (Å²) in [6.07, 6.45) is 0. The number of esters is 1. The molecule has 2 amide bonds. The number of nitrogen functional groups attached to an aromatic ring is 1. The van der Waals surface area contributed by atoms with Crippen molar-refractivity contribution >= 4 is 63.4 Å². The Balaban J connectivity index is 0.00000441. The molecule has 206 valence electrons. The molecule has 2 aromatic rings. The van der Waals surface area contributed by atoms with Gasteiger partial charge in [0.2, 0.25) is 12.5 Å². The number of rotatable bonds is 10. The molecule has 0 aliphatic carbocycles. The topological polar surface area (TPSA) is 219 Å². The van der Waals surface area contributed by atoms with Crippen molar-refractivity contribution in [2.24, 2.45) is 5.16 Å². The maximum atomic E-state index is 13.1. The number of nitrogens with zero attached hydrogens (tertiary/aromatic N) is 4. The van der Waals surface area contributed by atoms with Gasteiger partial charge in [-0.25, -0.2) is 9.78 Å². The van der Waals surface area contributed by atoms with Crippen molar-refractivity contribution in [2.45, 2.75) is 42.7 Å². The Morgan fingerprint density at radius 1 is 1.27 bits per heavy atom. The van der Waals surface area contributed by atoms with Gasteiger partial charge < -0.3 is 35.4 Å². The second-order valence-corrected chi connectivity index (χ2v) is 11.6. The zero-order chi connectivity index (χ0) is 28.5. The van der Waals surface area contributed by atoms with Crippen LogP contribution in [0.4, 0.5) is 10.8 Å². The number of fused-ring (bicyclic) bond motifs is 1. The van der Waals surface area contributed by atoms with E-state index in [9.17, 15) is 34.4 Å². The Morgan fingerprint density at radius 3 is 2.52 bits per heavy atom. The average molecular weight is 601 g/mol. The molecule has 0 unspecified atom stereocenters. The molecule has 1 aromatic heterocycles. The zero-order valence-corrected chi connectivity index (χ0v) is 25.0. The number of aromatic nitrogens is 1. The molecule has 3 atom stereocenters. The second kappa shape index (κ2) is 12.5. The largest absolute Gasteiger partial charge is 1.00 e. The Bertz CT molecular complexity index is 1370. The van der Waals surface area contributed by atoms with E-state index in [0.717, 1.165) is 11.3 Å². The Hall–Kier alpha value is -3.25. The number of nitro groups is 1. The molecule has 3 N–H and O–H groups in total. The molecule has 3 heterocycles. The number of thiazole rings is 1. The van der Waals surface area contributed by atoms with Gasteiger partial charge in [0.15, 0.2) is 10.8 Å². The van der Waals surface area contributed by atoms with Crippen molar-refractivity contribution in [2.75, 3.05) is 12.3 Å². The number of hydrogen-bond acceptors (Lipinski definition) is 14. The van der Waals surface area contributed by atoms with Gasteiger partial charge >= 0.3 is 35.5 Å². The number of carbonyl (C=O) groups excluding carboxylic acids is 4. The number of thioether (sulfide) groups is 1. The quantitative estimate of drug-likeness (QED) is 0.0675. The molecule has 0 radical (unpaired) electrons. The number of carbonyl (C=O) groups is 4. The van der Waals surface area contributed by atoms with Crippen molar-refractivity contribution < 1.29 is 68.3 Å². The van der Waals surface area contributed by atoms with Crippen LogP contribution in [0.1, 0.15) is 25.1 Å². The first-order chi connectivity index (χ1) is 18.4. The van der Waals surface area contributed by atoms with E-state index in [1.165, 1.54) is 46.3 Å². The third-order valence-corrected chi connectivity index (χ3v) is 8.06. The standard InChI is InChI=1S/C22H22N6O9S2.Na/c1-22(2)16(20(32)33)27-18(31)15(19(27)39-22)25-17(30)14(12-9-38-21(23)24-12)26-37-8-13(29)36-7-10-3-5-11(6-4-10)28(34)35;/h3-6,9,15-16,19H,7-8H2,1-2H3,(H2,23,24)(H,25,30)(H,32,33);/q;+1/p-1/b26-14-;/t15-,16-,19+;/m0./s1. The summed E-state index contributed by atoms with van der Waals surface area (Å²) in [5.41, 5.74) is 5.72. The number of benzene rings is 1. The van der Waals surface area contributed by atoms with Crippen LogP contribution >= 0.6 is 23.1 Å². The summed E-state index contributed by atoms with van der Waals surface area (Å²) < 4.78 is 4.20. The van der Waals surface area contributed by atoms with Crippen molar-refractivity contribution in [3.8, 4) is 0 Å². The predicted molar refractivity (Wildman–Crippen MR) is 135 cm³/mol. The van der Waals surface area contributed by atoms with Gasteiger partial charge in [0.1, 0.15) is 23.7 Å². The average Bonchev–Trinajstić information content (AvgIpc) is 3.42. The van der Waals surface area contributed by atoms with Crippen molar-refractivity contribution in [1.29, 1.82) is 0 Å². The van der Waals surface area contributed by atoms with Crippen LogP contribution in [-0.4, -0.2) is 73.1 Å². The fourth-order valence-corrected chi connectivity index (χ4v) is 6.17. The first kappa shape index (κ1) is 31.3. The number of nitro benzene ring substituents is 1. The first-order valence-electron chi connectivity index (χ1n) is 11.2. The number of β-lactam (4-membered cyclic amide) rings is 1. The van der Waals surface area contributed by atoms with Gasteiger partial charge in [0, 0.05) is 22.3 Å². The number of oxime groups is 1. The Morgan fingerprint density at radius 2 is 1.95 bits per heavy atom. The summed E-state index contributed by atoms with van der Waals surface area (Å²) >= 11 is 2.24. The molecule has 2 aliphatic heterocycles. The van der Waals surface area contributed by atoms with E-state index in [0.29, 0.717) is 5.56 Å². The third-order valence-electron chi connectivity index (χ3n) is 5.82. The van der Waals surface area contributed by atoms with E-state index in [1.54, 1.807) is 13.8 Å². The van der Waals surface area contributed by atoms with Crippen LogP contribution in [0, 0.1) is 10.1 Å². The molecule has 2 fully saturated rings. The number of aliphatic carboxylic acids is 1. The van der Waals surface area contributed by atoms with Crippen LogP contribution in [0.3, 0.4) is 0 Å². The summed E-state index contributed by atoms with van der Waals surface area (Å²) in [6.45, 7) is 2.48. The first-order valence-corrected chi connectivity index (χ1v) is 13.0. The molecule has 0 saturated carbocycles. The molecular weight excluding hydrogens is 579 g/mol. The number of nitrogens with one attached hydrogen (secondary N) is 1. The number of amides is 2. The second-order valence-electron chi connectivity index (χ2n) is 8.90. The van der Waals surface area contributed by atoms with E-state index < -0.39 is 57.5 Å². The van der Waals surface area contributed by atoms with Gasteiger partial charge in [-0.2, -0.15) is 0 Å². The normalized spacial score (nSPS) is 20.9. The van der Waals surface area contributed by atoms with Crippen molar-refractivity contribution in [3.63, 3.8) is 0 Å². The van der Waals surface area contributed by atoms with Crippen LogP contribution in [0.25, 0.3) is 0 Å². The van der Waals surface area contributed by atoms with Gasteiger partial charge in [-0.15, -0.1) is 23.1 Å². The summed E-state index contributed by atoms with van der Waals surface area (Å²) in [5.74, 6) is -3.67.